The zero-order chi connectivity index (χ0) is 19.2. The Hall–Kier alpha value is -3.06. The Balaban J connectivity index is 1.92. The van der Waals surface area contributed by atoms with E-state index in [9.17, 15) is 23.1 Å². The smallest absolute Gasteiger partial charge is 0.416 e. The number of pyridine rings is 1. The molecule has 0 saturated heterocycles. The highest BCUT2D eigenvalue weighted by Gasteiger charge is 2.30. The van der Waals surface area contributed by atoms with Crippen LogP contribution in [0.1, 0.15) is 5.56 Å². The molecule has 3 nitrogen and oxygen atoms in total. The molecule has 0 bridgehead atoms. The van der Waals surface area contributed by atoms with E-state index in [4.69, 9.17) is 0 Å². The van der Waals surface area contributed by atoms with Crippen LogP contribution >= 0.6 is 11.3 Å². The van der Waals surface area contributed by atoms with Crippen molar-refractivity contribution < 1.29 is 18.3 Å². The Bertz CT molecular complexity index is 1180. The lowest BCUT2D eigenvalue weighted by molar-refractivity contribution is -0.137. The fourth-order valence-electron chi connectivity index (χ4n) is 3.01. The zero-order valence-electron chi connectivity index (χ0n) is 13.7. The van der Waals surface area contributed by atoms with E-state index in [-0.39, 0.29) is 11.3 Å². The van der Waals surface area contributed by atoms with Crippen LogP contribution < -0.4 is 5.56 Å². The maximum atomic E-state index is 12.8. The molecule has 2 aromatic carbocycles. The summed E-state index contributed by atoms with van der Waals surface area (Å²) in [4.78, 5) is 15.6. The van der Waals surface area contributed by atoms with Gasteiger partial charge in [-0.1, -0.05) is 42.5 Å². The van der Waals surface area contributed by atoms with E-state index < -0.39 is 17.3 Å². The van der Waals surface area contributed by atoms with Gasteiger partial charge in [-0.05, 0) is 23.3 Å². The van der Waals surface area contributed by atoms with E-state index in [1.165, 1.54) is 23.5 Å². The van der Waals surface area contributed by atoms with Crippen LogP contribution in [0.3, 0.4) is 0 Å². The maximum Gasteiger partial charge on any atom is 0.416 e. The van der Waals surface area contributed by atoms with Gasteiger partial charge >= 0.3 is 6.18 Å². The number of rotatable bonds is 2. The Labute approximate surface area is 155 Å². The van der Waals surface area contributed by atoms with E-state index in [1.54, 1.807) is 35.7 Å². The van der Waals surface area contributed by atoms with Crippen LogP contribution in [0.5, 0.6) is 5.75 Å². The highest BCUT2D eigenvalue weighted by molar-refractivity contribution is 7.17. The second kappa shape index (κ2) is 6.28. The number of thiophene rings is 1. The van der Waals surface area contributed by atoms with Crippen LogP contribution in [-0.4, -0.2) is 10.1 Å². The molecule has 2 heterocycles. The number of halogens is 3. The number of fused-ring (bicyclic) bond motifs is 1. The highest BCUT2D eigenvalue weighted by atomic mass is 32.1. The average Bonchev–Trinajstić information content (AvgIpc) is 3.06. The van der Waals surface area contributed by atoms with Gasteiger partial charge in [-0.3, -0.25) is 4.79 Å². The summed E-state index contributed by atoms with van der Waals surface area (Å²) in [5, 5.41) is 12.9. The molecule has 2 N–H and O–H groups in total. The first-order valence-corrected chi connectivity index (χ1v) is 8.83. The molecule has 0 amide bonds. The monoisotopic (exact) mass is 387 g/mol. The van der Waals surface area contributed by atoms with Gasteiger partial charge in [0.25, 0.3) is 5.56 Å². The van der Waals surface area contributed by atoms with Crippen LogP contribution in [-0.2, 0) is 6.18 Å². The van der Waals surface area contributed by atoms with E-state index in [0.717, 1.165) is 12.1 Å². The van der Waals surface area contributed by atoms with Crippen molar-refractivity contribution in [3.63, 3.8) is 0 Å². The molecular formula is C20H12F3NO2S. The normalized spacial score (nSPS) is 11.8. The van der Waals surface area contributed by atoms with Gasteiger partial charge in [0.05, 0.1) is 16.5 Å². The first-order chi connectivity index (χ1) is 12.9. The number of alkyl halides is 3. The van der Waals surface area contributed by atoms with E-state index in [1.807, 2.05) is 0 Å². The van der Waals surface area contributed by atoms with Gasteiger partial charge in [0.2, 0.25) is 0 Å². The summed E-state index contributed by atoms with van der Waals surface area (Å²) in [5.74, 6) is -0.184. The molecule has 2 aromatic heterocycles. The fourth-order valence-corrected chi connectivity index (χ4v) is 3.97. The summed E-state index contributed by atoms with van der Waals surface area (Å²) >= 11 is 1.21. The van der Waals surface area contributed by atoms with E-state index in [0.29, 0.717) is 26.9 Å². The van der Waals surface area contributed by atoms with E-state index in [2.05, 4.69) is 4.98 Å². The minimum Gasteiger partial charge on any atom is -0.506 e. The molecule has 0 aliphatic heterocycles. The molecule has 0 aliphatic carbocycles. The second-order valence-electron chi connectivity index (χ2n) is 5.97. The number of nitrogens with one attached hydrogen (secondary N) is 1. The molecule has 0 saturated carbocycles. The molecule has 0 radical (unpaired) electrons. The fraction of sp³-hybridized carbons (Fsp3) is 0.0500. The molecule has 0 spiro atoms. The molecule has 0 aliphatic rings. The standard InChI is InChI=1S/C20H12F3NO2S/c21-20(22,23)13-8-6-11(7-9-13)14-10-27-19-16(14)17(25)15(18(26)24-19)12-4-2-1-3-5-12/h1-10H,(H2,24,25,26). The third kappa shape index (κ3) is 3.00. The Morgan fingerprint density at radius 3 is 2.22 bits per heavy atom. The number of aromatic amines is 1. The first-order valence-electron chi connectivity index (χ1n) is 7.96. The highest BCUT2D eigenvalue weighted by Crippen LogP contribution is 2.42. The number of benzene rings is 2. The van der Waals surface area contributed by atoms with Crippen LogP contribution in [0, 0.1) is 0 Å². The molecular weight excluding hydrogens is 375 g/mol. The number of aromatic nitrogens is 1. The van der Waals surface area contributed by atoms with Gasteiger partial charge in [-0.25, -0.2) is 0 Å². The average molecular weight is 387 g/mol. The van der Waals surface area contributed by atoms with Crippen molar-refractivity contribution in [2.75, 3.05) is 0 Å². The van der Waals surface area contributed by atoms with Crippen LogP contribution in [0.15, 0.2) is 64.8 Å². The van der Waals surface area contributed by atoms with Crippen LogP contribution in [0.2, 0.25) is 0 Å². The third-order valence-electron chi connectivity index (χ3n) is 4.30. The largest absolute Gasteiger partial charge is 0.506 e. The Morgan fingerprint density at radius 1 is 0.926 bits per heavy atom. The molecule has 0 atom stereocenters. The van der Waals surface area contributed by atoms with Gasteiger partial charge in [0, 0.05) is 10.9 Å². The lowest BCUT2D eigenvalue weighted by Gasteiger charge is -2.09. The summed E-state index contributed by atoms with van der Waals surface area (Å²) in [6, 6.07) is 13.4. The van der Waals surface area contributed by atoms with Crippen molar-refractivity contribution in [1.29, 1.82) is 0 Å². The minimum absolute atomic E-state index is 0.134. The number of H-pyrrole nitrogens is 1. The van der Waals surface area contributed by atoms with Crippen LogP contribution in [0.25, 0.3) is 32.5 Å². The summed E-state index contributed by atoms with van der Waals surface area (Å²) < 4.78 is 38.4. The molecule has 7 heteroatoms. The van der Waals surface area contributed by atoms with Crippen molar-refractivity contribution in [3.8, 4) is 28.0 Å². The maximum absolute atomic E-state index is 12.8. The van der Waals surface area contributed by atoms with Crippen molar-refractivity contribution >= 4 is 21.6 Å². The van der Waals surface area contributed by atoms with Gasteiger partial charge in [0.1, 0.15) is 10.6 Å². The lowest BCUT2D eigenvalue weighted by Crippen LogP contribution is -2.08. The molecule has 0 fully saturated rings. The minimum atomic E-state index is -4.41. The van der Waals surface area contributed by atoms with Gasteiger partial charge in [-0.15, -0.1) is 11.3 Å². The van der Waals surface area contributed by atoms with Crippen molar-refractivity contribution in [2.45, 2.75) is 6.18 Å². The Kier molecular flexibility index (Phi) is 4.04. The summed E-state index contributed by atoms with van der Waals surface area (Å²) in [5.41, 5.74) is 0.614. The van der Waals surface area contributed by atoms with Crippen molar-refractivity contribution in [3.05, 3.63) is 75.9 Å². The topological polar surface area (TPSA) is 53.1 Å². The zero-order valence-corrected chi connectivity index (χ0v) is 14.5. The van der Waals surface area contributed by atoms with Gasteiger partial charge in [-0.2, -0.15) is 13.2 Å². The number of hydrogen-bond acceptors (Lipinski definition) is 3. The molecule has 4 aromatic rings. The quantitative estimate of drug-likeness (QED) is 0.467. The molecule has 27 heavy (non-hydrogen) atoms. The first kappa shape index (κ1) is 17.4. The van der Waals surface area contributed by atoms with Gasteiger partial charge < -0.3 is 10.1 Å². The number of hydrogen-bond donors (Lipinski definition) is 2. The number of aromatic hydroxyl groups is 1. The second-order valence-corrected chi connectivity index (χ2v) is 6.85. The SMILES string of the molecule is O=c1[nH]c2scc(-c3ccc(C(F)(F)F)cc3)c2c(O)c1-c1ccccc1. The van der Waals surface area contributed by atoms with Crippen molar-refractivity contribution in [2.24, 2.45) is 0 Å². The molecule has 136 valence electrons. The predicted octanol–water partition coefficient (Wildman–Crippen LogP) is 5.65. The summed E-state index contributed by atoms with van der Waals surface area (Å²) in [6.45, 7) is 0. The third-order valence-corrected chi connectivity index (χ3v) is 5.20. The summed E-state index contributed by atoms with van der Waals surface area (Å²) in [6.07, 6.45) is -4.41. The van der Waals surface area contributed by atoms with E-state index >= 15 is 0 Å². The van der Waals surface area contributed by atoms with Gasteiger partial charge in [0.15, 0.2) is 0 Å². The predicted molar refractivity (Wildman–Crippen MR) is 100.0 cm³/mol. The summed E-state index contributed by atoms with van der Waals surface area (Å²) in [7, 11) is 0. The Morgan fingerprint density at radius 2 is 1.59 bits per heavy atom. The lowest BCUT2D eigenvalue weighted by atomic mass is 10.00. The van der Waals surface area contributed by atoms with Crippen LogP contribution in [0.4, 0.5) is 13.2 Å². The van der Waals surface area contributed by atoms with Crippen molar-refractivity contribution in [1.82, 2.24) is 4.98 Å². The molecule has 0 unspecified atom stereocenters. The molecule has 4 rings (SSSR count).